The fourth-order valence-corrected chi connectivity index (χ4v) is 4.46. The minimum atomic E-state index is -1.37. The van der Waals surface area contributed by atoms with Crippen LogP contribution in [0.25, 0.3) is 6.08 Å². The van der Waals surface area contributed by atoms with Gasteiger partial charge in [0.05, 0.1) is 30.6 Å². The molecule has 1 aliphatic rings. The van der Waals surface area contributed by atoms with Crippen molar-refractivity contribution in [2.45, 2.75) is 98.0 Å². The molecule has 0 aliphatic carbocycles. The summed E-state index contributed by atoms with van der Waals surface area (Å²) in [6.07, 6.45) is 2.99. The Kier molecular flexibility index (Phi) is 11.0. The topological polar surface area (TPSA) is 136 Å². The summed E-state index contributed by atoms with van der Waals surface area (Å²) < 4.78 is 25.7. The lowest BCUT2D eigenvalue weighted by atomic mass is 9.71. The average Bonchev–Trinajstić information content (AvgIpc) is 3.28. The van der Waals surface area contributed by atoms with Crippen LogP contribution in [0.15, 0.2) is 28.2 Å². The zero-order chi connectivity index (χ0) is 27.0. The van der Waals surface area contributed by atoms with Gasteiger partial charge in [0.15, 0.2) is 6.10 Å². The molecule has 2 heterocycles. The number of nitrogens with zero attached hydrogens (tertiary/aromatic N) is 1. The van der Waals surface area contributed by atoms with E-state index in [0.717, 1.165) is 24.5 Å². The summed E-state index contributed by atoms with van der Waals surface area (Å²) in [5.74, 6) is -2.40. The van der Waals surface area contributed by atoms with Crippen molar-refractivity contribution in [3.8, 4) is 0 Å². The quantitative estimate of drug-likeness (QED) is 0.406. The van der Waals surface area contributed by atoms with Crippen molar-refractivity contribution in [2.24, 2.45) is 23.0 Å². The lowest BCUT2D eigenvalue weighted by Gasteiger charge is -2.35. The summed E-state index contributed by atoms with van der Waals surface area (Å²) in [6, 6.07) is 0. The summed E-state index contributed by atoms with van der Waals surface area (Å²) in [6.45, 7) is 8.84. The number of nitrogens with two attached hydrogens (primary N) is 1. The van der Waals surface area contributed by atoms with Gasteiger partial charge in [-0.3, -0.25) is 9.59 Å². The molecule has 4 N–H and O–H groups in total. The second kappa shape index (κ2) is 13.3. The Morgan fingerprint density at radius 1 is 1.33 bits per heavy atom. The first-order chi connectivity index (χ1) is 16.9. The number of ether oxygens (including phenoxy) is 1. The fourth-order valence-electron chi connectivity index (χ4n) is 4.46. The lowest BCUT2D eigenvalue weighted by molar-refractivity contribution is -0.155. The van der Waals surface area contributed by atoms with E-state index in [4.69, 9.17) is 14.9 Å². The summed E-state index contributed by atoms with van der Waals surface area (Å²) in [4.78, 5) is 30.1. The van der Waals surface area contributed by atoms with Crippen LogP contribution in [0.3, 0.4) is 0 Å². The van der Waals surface area contributed by atoms with Crippen molar-refractivity contribution >= 4 is 17.8 Å². The number of hydrogen-bond acceptors (Lipinski definition) is 8. The highest BCUT2D eigenvalue weighted by Crippen LogP contribution is 2.34. The van der Waals surface area contributed by atoms with Gasteiger partial charge in [0, 0.05) is 18.4 Å². The second-order valence-electron chi connectivity index (χ2n) is 10.3. The van der Waals surface area contributed by atoms with E-state index in [-0.39, 0.29) is 36.3 Å². The molecule has 8 nitrogen and oxygen atoms in total. The van der Waals surface area contributed by atoms with Crippen LogP contribution in [0.5, 0.6) is 0 Å². The van der Waals surface area contributed by atoms with Crippen LogP contribution in [-0.2, 0) is 20.9 Å². The van der Waals surface area contributed by atoms with Gasteiger partial charge in [-0.25, -0.2) is 9.37 Å². The molecule has 202 valence electrons. The highest BCUT2D eigenvalue weighted by molar-refractivity contribution is 5.88. The molecular formula is C27H41FN2O6. The highest BCUT2D eigenvalue weighted by Gasteiger charge is 2.43. The Labute approximate surface area is 212 Å². The number of aromatic nitrogens is 1. The maximum Gasteiger partial charge on any atom is 0.309 e. The van der Waals surface area contributed by atoms with E-state index < -0.39 is 47.9 Å². The van der Waals surface area contributed by atoms with Crippen molar-refractivity contribution in [1.82, 2.24) is 4.98 Å². The molecule has 0 spiro atoms. The third-order valence-electron chi connectivity index (χ3n) is 7.12. The van der Waals surface area contributed by atoms with Crippen LogP contribution >= 0.6 is 0 Å². The molecule has 1 unspecified atom stereocenters. The van der Waals surface area contributed by atoms with Crippen LogP contribution in [0.4, 0.5) is 4.39 Å². The van der Waals surface area contributed by atoms with Crippen molar-refractivity contribution in [3.05, 3.63) is 35.3 Å². The number of hydrogen-bond donors (Lipinski definition) is 3. The molecule has 1 aromatic rings. The van der Waals surface area contributed by atoms with E-state index in [1.54, 1.807) is 13.8 Å². The molecule has 2 rings (SSSR count). The van der Waals surface area contributed by atoms with Crippen LogP contribution in [-0.4, -0.2) is 45.3 Å². The van der Waals surface area contributed by atoms with Gasteiger partial charge in [-0.05, 0) is 38.5 Å². The predicted molar refractivity (Wildman–Crippen MR) is 134 cm³/mol. The van der Waals surface area contributed by atoms with Gasteiger partial charge >= 0.3 is 5.97 Å². The largest absolute Gasteiger partial charge is 0.455 e. The third kappa shape index (κ3) is 7.82. The number of carbonyl (C=O) groups excluding carboxylic acids is 2. The fraction of sp³-hybridized carbons (Fsp3) is 0.667. The molecular weight excluding hydrogens is 467 g/mol. The normalized spacial score (nSPS) is 29.5. The lowest BCUT2D eigenvalue weighted by Crippen LogP contribution is -2.46. The first-order valence-corrected chi connectivity index (χ1v) is 12.7. The number of oxazole rings is 1. The van der Waals surface area contributed by atoms with E-state index in [1.807, 2.05) is 26.8 Å². The minimum Gasteiger partial charge on any atom is -0.455 e. The van der Waals surface area contributed by atoms with Gasteiger partial charge in [-0.2, -0.15) is 0 Å². The van der Waals surface area contributed by atoms with Gasteiger partial charge < -0.3 is 25.1 Å². The molecule has 0 saturated carbocycles. The van der Waals surface area contributed by atoms with Gasteiger partial charge in [-0.1, -0.05) is 39.3 Å². The number of halogens is 1. The SMILES string of the molecule is CC[C@H]1C(=O)C(C)(C)[C@@H](O)CC(=O)OC(C(F)=Cc2coc(CN)n2)CC=C(C)CCC[C@H](C)[C@@H]1O. The highest BCUT2D eigenvalue weighted by atomic mass is 19.1. The van der Waals surface area contributed by atoms with Crippen molar-refractivity contribution in [3.63, 3.8) is 0 Å². The Bertz CT molecular complexity index is 954. The summed E-state index contributed by atoms with van der Waals surface area (Å²) in [7, 11) is 0. The number of aliphatic hydroxyl groups is 2. The van der Waals surface area contributed by atoms with E-state index >= 15 is 4.39 Å². The van der Waals surface area contributed by atoms with Gasteiger partial charge in [0.25, 0.3) is 0 Å². The molecule has 1 aromatic heterocycles. The number of carbonyl (C=O) groups is 2. The first kappa shape index (κ1) is 29.9. The molecule has 36 heavy (non-hydrogen) atoms. The molecule has 0 radical (unpaired) electrons. The molecule has 0 fully saturated rings. The Hall–Kier alpha value is -2.36. The van der Waals surface area contributed by atoms with Crippen molar-refractivity contribution in [1.29, 1.82) is 0 Å². The smallest absolute Gasteiger partial charge is 0.309 e. The molecule has 5 atom stereocenters. The van der Waals surface area contributed by atoms with E-state index in [1.165, 1.54) is 6.26 Å². The average molecular weight is 509 g/mol. The van der Waals surface area contributed by atoms with Crippen LogP contribution < -0.4 is 5.73 Å². The molecule has 0 aromatic carbocycles. The predicted octanol–water partition coefficient (Wildman–Crippen LogP) is 4.25. The molecule has 0 amide bonds. The van der Waals surface area contributed by atoms with Crippen LogP contribution in [0.1, 0.15) is 84.7 Å². The number of rotatable bonds is 4. The Balaban J connectivity index is 2.35. The standard InChI is InChI=1S/C27H41FN2O6/c1-6-19-25(33)17(3)9-7-8-16(2)10-11-21(20(28)12-18-15-35-23(14-29)30-18)36-24(32)13-22(31)27(4,5)26(19)34/h10,12,15,17,19,21-22,25,31,33H,6-9,11,13-14,29H2,1-5H3/t17-,19+,21?,22-,25-/m0/s1. The number of cyclic esters (lactones) is 1. The van der Waals surface area contributed by atoms with Gasteiger partial charge in [0.2, 0.25) is 5.89 Å². The zero-order valence-electron chi connectivity index (χ0n) is 22.0. The number of esters is 1. The monoisotopic (exact) mass is 508 g/mol. The molecule has 9 heteroatoms. The van der Waals surface area contributed by atoms with Gasteiger partial charge in [-0.15, -0.1) is 0 Å². The van der Waals surface area contributed by atoms with Crippen molar-refractivity contribution < 1.29 is 33.3 Å². The summed E-state index contributed by atoms with van der Waals surface area (Å²) in [5, 5.41) is 21.7. The van der Waals surface area contributed by atoms with Crippen LogP contribution in [0, 0.1) is 17.3 Å². The number of Topliss-reactive ketones (excluding diaryl/α,β-unsaturated/α-hetero) is 1. The maximum absolute atomic E-state index is 15.2. The van der Waals surface area contributed by atoms with Crippen LogP contribution in [0.2, 0.25) is 0 Å². The summed E-state index contributed by atoms with van der Waals surface area (Å²) in [5.41, 5.74) is 5.38. The third-order valence-corrected chi connectivity index (χ3v) is 7.12. The first-order valence-electron chi connectivity index (χ1n) is 12.7. The van der Waals surface area contributed by atoms with E-state index in [0.29, 0.717) is 12.8 Å². The maximum atomic E-state index is 15.2. The van der Waals surface area contributed by atoms with E-state index in [2.05, 4.69) is 4.98 Å². The Morgan fingerprint density at radius 2 is 2.03 bits per heavy atom. The Morgan fingerprint density at radius 3 is 2.64 bits per heavy atom. The second-order valence-corrected chi connectivity index (χ2v) is 10.3. The number of aliphatic hydroxyl groups excluding tert-OH is 2. The van der Waals surface area contributed by atoms with Gasteiger partial charge in [0.1, 0.15) is 23.6 Å². The number of allylic oxidation sites excluding steroid dienone is 1. The number of ketones is 1. The molecule has 1 aliphatic heterocycles. The minimum absolute atomic E-state index is 0.0662. The zero-order valence-corrected chi connectivity index (χ0v) is 22.0. The summed E-state index contributed by atoms with van der Waals surface area (Å²) >= 11 is 0. The van der Waals surface area contributed by atoms with Crippen molar-refractivity contribution in [2.75, 3.05) is 0 Å². The molecule has 0 saturated heterocycles. The molecule has 0 bridgehead atoms. The van der Waals surface area contributed by atoms with E-state index in [9.17, 15) is 19.8 Å².